The van der Waals surface area contributed by atoms with Gasteiger partial charge < -0.3 is 0 Å². The fourth-order valence-electron chi connectivity index (χ4n) is 2.47. The quantitative estimate of drug-likeness (QED) is 0.200. The Bertz CT molecular complexity index is 961. The first kappa shape index (κ1) is 37.5. The lowest BCUT2D eigenvalue weighted by Gasteiger charge is -2.42. The van der Waals surface area contributed by atoms with E-state index in [0.29, 0.717) is 0 Å². The molecule has 0 rings (SSSR count). The SMILES string of the molecule is CC(C)(C)[I+](OS(=O)(=O)C(F)(F)C(F)(F)C(F)(F)C(F)(F)C(F)(F)C(F)(F)C(F)(F)C(F)(F)F)C(C)(C)C. The Morgan fingerprint density at radius 2 is 0.684 bits per heavy atom. The summed E-state index contributed by atoms with van der Waals surface area (Å²) in [6.07, 6.45) is -7.88. The summed E-state index contributed by atoms with van der Waals surface area (Å²) >= 11 is -4.16. The van der Waals surface area contributed by atoms with E-state index in [0.717, 1.165) is 41.5 Å². The Kier molecular flexibility index (Phi) is 9.36. The molecule has 0 saturated heterocycles. The van der Waals surface area contributed by atoms with Crippen molar-refractivity contribution in [2.75, 3.05) is 0 Å². The van der Waals surface area contributed by atoms with Gasteiger partial charge in [0.05, 0.1) is 0 Å². The molecule has 0 aromatic rings. The van der Waals surface area contributed by atoms with E-state index in [1.54, 1.807) is 0 Å². The molecule has 0 bridgehead atoms. The summed E-state index contributed by atoms with van der Waals surface area (Å²) < 4.78 is 252. The van der Waals surface area contributed by atoms with E-state index < -0.39 is 84.2 Å². The summed E-state index contributed by atoms with van der Waals surface area (Å²) in [5, 5.41) is -7.66. The highest BCUT2D eigenvalue weighted by Crippen LogP contribution is 2.64. The number of halogens is 18. The first-order valence-corrected chi connectivity index (χ1v) is 13.6. The standard InChI is InChI=1S/C16H18F17IO3S/c1-7(2,3)34(8(4,5)6)37-38(35,36)16(32,33)14(27,28)12(23,24)10(19,20)9(17,18)11(21,22)13(25,26)15(29,30)31/h1-6H3/q+1. The maximum absolute atomic E-state index is 14.2. The average Bonchev–Trinajstić information content (AvgIpc) is 2.62. The van der Waals surface area contributed by atoms with Gasteiger partial charge in [0.1, 0.15) is 6.84 Å². The van der Waals surface area contributed by atoms with Crippen LogP contribution in [0.4, 0.5) is 74.6 Å². The number of hydrogen-bond donors (Lipinski definition) is 0. The van der Waals surface area contributed by atoms with Gasteiger partial charge in [-0.2, -0.15) is 83.1 Å². The van der Waals surface area contributed by atoms with E-state index in [1.165, 1.54) is 0 Å². The lowest BCUT2D eigenvalue weighted by molar-refractivity contribution is -1.14. The second kappa shape index (κ2) is 9.50. The van der Waals surface area contributed by atoms with Crippen molar-refractivity contribution in [2.45, 2.75) is 95.4 Å². The number of hydrogen-bond acceptors (Lipinski definition) is 3. The zero-order chi connectivity index (χ0) is 31.8. The van der Waals surface area contributed by atoms with Crippen LogP contribution in [0.25, 0.3) is 0 Å². The van der Waals surface area contributed by atoms with E-state index in [4.69, 9.17) is 0 Å². The zero-order valence-electron chi connectivity index (χ0n) is 19.4. The van der Waals surface area contributed by atoms with Gasteiger partial charge in [0.15, 0.2) is 0 Å². The maximum atomic E-state index is 14.2. The molecular formula is C16H18F17IO3S+. The first-order chi connectivity index (χ1) is 15.8. The second-order valence-electron chi connectivity index (χ2n) is 9.36. The monoisotopic (exact) mass is 740 g/mol. The molecule has 22 heteroatoms. The van der Waals surface area contributed by atoms with Gasteiger partial charge in [0, 0.05) is 0 Å². The van der Waals surface area contributed by atoms with Crippen molar-refractivity contribution in [3.8, 4) is 0 Å². The van der Waals surface area contributed by atoms with Crippen LogP contribution in [0.3, 0.4) is 0 Å². The van der Waals surface area contributed by atoms with Crippen LogP contribution < -0.4 is 20.2 Å². The summed E-state index contributed by atoms with van der Waals surface area (Å²) in [6, 6.07) is 0. The minimum Gasteiger partial charge on any atom is -0.192 e. The molecular weight excluding hydrogens is 722 g/mol. The largest absolute Gasteiger partial charge is 0.460 e. The molecule has 0 amide bonds. The smallest absolute Gasteiger partial charge is 0.192 e. The van der Waals surface area contributed by atoms with Gasteiger partial charge in [-0.05, 0) is 41.5 Å². The molecule has 0 spiro atoms. The van der Waals surface area contributed by atoms with Crippen LogP contribution in [-0.4, -0.2) is 62.2 Å². The lowest BCUT2D eigenvalue weighted by atomic mass is 9.91. The molecule has 0 saturated carbocycles. The molecule has 3 nitrogen and oxygen atoms in total. The molecule has 231 valence electrons. The average molecular weight is 740 g/mol. The van der Waals surface area contributed by atoms with Crippen molar-refractivity contribution in [3.63, 3.8) is 0 Å². The van der Waals surface area contributed by atoms with E-state index in [-0.39, 0.29) is 0 Å². The minimum absolute atomic E-state index is 1.08. The van der Waals surface area contributed by atoms with Crippen LogP contribution in [0, 0.1) is 0 Å². The van der Waals surface area contributed by atoms with E-state index >= 15 is 0 Å². The number of alkyl halides is 19. The van der Waals surface area contributed by atoms with Gasteiger partial charge in [0.2, 0.25) is 0 Å². The second-order valence-corrected chi connectivity index (χ2v) is 19.9. The van der Waals surface area contributed by atoms with Crippen LogP contribution in [0.5, 0.6) is 0 Å². The molecule has 0 aliphatic rings. The predicted molar refractivity (Wildman–Crippen MR) is 90.2 cm³/mol. The molecule has 38 heavy (non-hydrogen) atoms. The van der Waals surface area contributed by atoms with Crippen molar-refractivity contribution in [1.82, 2.24) is 0 Å². The molecule has 0 atom stereocenters. The van der Waals surface area contributed by atoms with Crippen LogP contribution in [0.1, 0.15) is 41.5 Å². The zero-order valence-corrected chi connectivity index (χ0v) is 22.4. The summed E-state index contributed by atoms with van der Waals surface area (Å²) in [6.45, 7) is 6.51. The minimum atomic E-state index is -8.87. The predicted octanol–water partition coefficient (Wildman–Crippen LogP) is 4.44. The van der Waals surface area contributed by atoms with E-state index in [2.05, 4.69) is 2.51 Å². The molecule has 0 heterocycles. The van der Waals surface area contributed by atoms with E-state index in [9.17, 15) is 83.1 Å². The van der Waals surface area contributed by atoms with Crippen molar-refractivity contribution >= 4 is 10.1 Å². The van der Waals surface area contributed by atoms with Crippen molar-refractivity contribution in [3.05, 3.63) is 0 Å². The van der Waals surface area contributed by atoms with Crippen molar-refractivity contribution in [1.29, 1.82) is 0 Å². The Hall–Kier alpha value is -0.550. The fourth-order valence-corrected chi connectivity index (χ4v) is 13.7. The summed E-state index contributed by atoms with van der Waals surface area (Å²) in [5.41, 5.74) is 0. The normalized spacial score (nSPS) is 16.8. The molecule has 0 aromatic carbocycles. The topological polar surface area (TPSA) is 43.4 Å². The third-order valence-corrected chi connectivity index (χ3v) is 13.7. The lowest BCUT2D eigenvalue weighted by Crippen LogP contribution is -3.94. The van der Waals surface area contributed by atoms with Gasteiger partial charge in [-0.25, -0.2) is 0 Å². The number of rotatable bonds is 9. The molecule has 0 unspecified atom stereocenters. The van der Waals surface area contributed by atoms with Gasteiger partial charge in [-0.15, -0.1) is 0 Å². The van der Waals surface area contributed by atoms with Gasteiger partial charge in [-0.3, -0.25) is 0 Å². The van der Waals surface area contributed by atoms with Gasteiger partial charge >= 0.3 is 57.1 Å². The molecule has 0 fully saturated rings. The van der Waals surface area contributed by atoms with Gasteiger partial charge in [-0.1, -0.05) is 2.51 Å². The molecule has 1 radical (unpaired) electrons. The third-order valence-electron chi connectivity index (χ3n) is 4.18. The Labute approximate surface area is 211 Å². The Morgan fingerprint density at radius 1 is 0.447 bits per heavy atom. The van der Waals surface area contributed by atoms with Gasteiger partial charge in [0.25, 0.3) is 20.2 Å². The third kappa shape index (κ3) is 5.38. The van der Waals surface area contributed by atoms with Crippen molar-refractivity contribution in [2.24, 2.45) is 0 Å². The highest BCUT2D eigenvalue weighted by Gasteiger charge is 2.96. The molecule has 0 aliphatic carbocycles. The summed E-state index contributed by atoms with van der Waals surface area (Å²) in [4.78, 5) is 0. The highest BCUT2D eigenvalue weighted by atomic mass is 127. The van der Waals surface area contributed by atoms with E-state index in [1.807, 2.05) is 0 Å². The maximum Gasteiger partial charge on any atom is 0.460 e. The Balaban J connectivity index is 7.08. The van der Waals surface area contributed by atoms with Crippen LogP contribution in [0.15, 0.2) is 0 Å². The van der Waals surface area contributed by atoms with Crippen LogP contribution >= 0.6 is 0 Å². The summed E-state index contributed by atoms with van der Waals surface area (Å²) in [5.74, 6) is -51.8. The van der Waals surface area contributed by atoms with Crippen LogP contribution in [0.2, 0.25) is 0 Å². The summed E-state index contributed by atoms with van der Waals surface area (Å²) in [7, 11) is -7.55. The molecule has 0 N–H and O–H groups in total. The Morgan fingerprint density at radius 3 is 0.921 bits per heavy atom. The van der Waals surface area contributed by atoms with Crippen molar-refractivity contribution < 1.29 is 106 Å². The molecule has 0 aliphatic heterocycles. The fraction of sp³-hybridized carbons (Fsp3) is 1.00. The molecule has 0 aromatic heterocycles. The van der Waals surface area contributed by atoms with Crippen LogP contribution in [-0.2, 0) is 12.6 Å². The highest BCUT2D eigenvalue weighted by molar-refractivity contribution is 7.87. The first-order valence-electron chi connectivity index (χ1n) is 9.20.